The number of carbonyl (C=O) groups is 1. The van der Waals surface area contributed by atoms with E-state index in [9.17, 15) is 4.79 Å². The Hall–Kier alpha value is -0.990. The van der Waals surface area contributed by atoms with Crippen molar-refractivity contribution in [3.05, 3.63) is 11.3 Å². The van der Waals surface area contributed by atoms with Crippen molar-refractivity contribution in [2.75, 3.05) is 13.1 Å². The van der Waals surface area contributed by atoms with Crippen LogP contribution in [0.4, 0.5) is 0 Å². The summed E-state index contributed by atoms with van der Waals surface area (Å²) in [6.07, 6.45) is 3.25. The molecule has 1 saturated heterocycles. The Morgan fingerprint density at radius 1 is 1.19 bits per heavy atom. The molecule has 2 aliphatic heterocycles. The van der Waals surface area contributed by atoms with Gasteiger partial charge in [0.25, 0.3) is 0 Å². The lowest BCUT2D eigenvalue weighted by Gasteiger charge is -2.43. The van der Waals surface area contributed by atoms with Gasteiger partial charge in [-0.15, -0.1) is 0 Å². The van der Waals surface area contributed by atoms with E-state index in [4.69, 9.17) is 0 Å². The summed E-state index contributed by atoms with van der Waals surface area (Å²) in [5, 5.41) is 3.00. The van der Waals surface area contributed by atoms with Gasteiger partial charge in [-0.05, 0) is 30.8 Å². The van der Waals surface area contributed by atoms with E-state index < -0.39 is 0 Å². The van der Waals surface area contributed by atoms with E-state index in [2.05, 4.69) is 31.0 Å². The summed E-state index contributed by atoms with van der Waals surface area (Å²) >= 11 is 0. The maximum Gasteiger partial charge on any atom is 0.245 e. The first-order valence-corrected chi connectivity index (χ1v) is 6.19. The second-order valence-corrected chi connectivity index (χ2v) is 6.43. The molecule has 3 rings (SSSR count). The van der Waals surface area contributed by atoms with E-state index in [0.717, 1.165) is 25.9 Å². The van der Waals surface area contributed by atoms with Gasteiger partial charge in [-0.1, -0.05) is 13.8 Å². The summed E-state index contributed by atoms with van der Waals surface area (Å²) in [7, 11) is 0. The largest absolute Gasteiger partial charge is 0.359 e. The molecule has 1 amide bonds. The molecule has 3 heteroatoms. The quantitative estimate of drug-likeness (QED) is 0.673. The van der Waals surface area contributed by atoms with Crippen molar-refractivity contribution in [2.24, 2.45) is 5.41 Å². The maximum atomic E-state index is 12.0. The lowest BCUT2D eigenvalue weighted by Crippen LogP contribution is -2.60. The van der Waals surface area contributed by atoms with Crippen molar-refractivity contribution < 1.29 is 4.79 Å². The number of allylic oxidation sites excluding steroid dienone is 1. The first-order chi connectivity index (χ1) is 7.42. The van der Waals surface area contributed by atoms with Gasteiger partial charge in [0.1, 0.15) is 5.54 Å². The molecule has 0 aromatic carbocycles. The maximum absolute atomic E-state index is 12.0. The number of piperazine rings is 1. The Labute approximate surface area is 96.9 Å². The number of nitrogens with zero attached hydrogens (tertiary/aromatic N) is 1. The molecule has 0 bridgehead atoms. The molecule has 16 heavy (non-hydrogen) atoms. The second-order valence-electron chi connectivity index (χ2n) is 6.43. The zero-order valence-corrected chi connectivity index (χ0v) is 10.4. The van der Waals surface area contributed by atoms with Gasteiger partial charge in [0.2, 0.25) is 5.91 Å². The average molecular weight is 220 g/mol. The topological polar surface area (TPSA) is 32.3 Å². The molecule has 1 aliphatic carbocycles. The summed E-state index contributed by atoms with van der Waals surface area (Å²) in [6.45, 7) is 8.52. The normalized spacial score (nSPS) is 36.2. The Morgan fingerprint density at radius 3 is 2.69 bits per heavy atom. The molecule has 3 nitrogen and oxygen atoms in total. The van der Waals surface area contributed by atoms with Crippen LogP contribution in [0.3, 0.4) is 0 Å². The van der Waals surface area contributed by atoms with Crippen molar-refractivity contribution in [3.8, 4) is 0 Å². The van der Waals surface area contributed by atoms with E-state index in [1.807, 2.05) is 0 Å². The Morgan fingerprint density at radius 2 is 1.94 bits per heavy atom. The van der Waals surface area contributed by atoms with Gasteiger partial charge in [-0.25, -0.2) is 0 Å². The van der Waals surface area contributed by atoms with Gasteiger partial charge in [0, 0.05) is 25.2 Å². The number of nitrogens with one attached hydrogen (secondary N) is 1. The van der Waals surface area contributed by atoms with Crippen molar-refractivity contribution in [3.63, 3.8) is 0 Å². The summed E-state index contributed by atoms with van der Waals surface area (Å²) in [4.78, 5) is 14.4. The van der Waals surface area contributed by atoms with Crippen LogP contribution in [0.25, 0.3) is 0 Å². The van der Waals surface area contributed by atoms with Crippen molar-refractivity contribution >= 4 is 5.91 Å². The Balaban J connectivity index is 1.94. The average Bonchev–Trinajstić information content (AvgIpc) is 2.57. The highest BCUT2D eigenvalue weighted by Gasteiger charge is 2.52. The molecule has 0 saturated carbocycles. The van der Waals surface area contributed by atoms with Crippen LogP contribution in [0.1, 0.15) is 40.0 Å². The molecular formula is C13H20N2O. The number of hydrogen-bond donors (Lipinski definition) is 1. The lowest BCUT2D eigenvalue weighted by atomic mass is 9.84. The minimum atomic E-state index is -0.278. The first kappa shape index (κ1) is 10.2. The summed E-state index contributed by atoms with van der Waals surface area (Å²) in [5.74, 6) is 0.214. The molecule has 0 aromatic heterocycles. The minimum Gasteiger partial charge on any atom is -0.359 e. The smallest absolute Gasteiger partial charge is 0.245 e. The van der Waals surface area contributed by atoms with Crippen LogP contribution in [0.15, 0.2) is 11.3 Å². The number of amides is 1. The zero-order valence-electron chi connectivity index (χ0n) is 10.4. The summed E-state index contributed by atoms with van der Waals surface area (Å²) < 4.78 is 0. The molecule has 1 N–H and O–H groups in total. The van der Waals surface area contributed by atoms with Crippen molar-refractivity contribution in [1.82, 2.24) is 10.2 Å². The first-order valence-electron chi connectivity index (χ1n) is 6.19. The Kier molecular flexibility index (Phi) is 1.79. The van der Waals surface area contributed by atoms with Gasteiger partial charge in [0.05, 0.1) is 0 Å². The van der Waals surface area contributed by atoms with Crippen molar-refractivity contribution in [2.45, 2.75) is 45.6 Å². The predicted octanol–water partition coefficient (Wildman–Crippen LogP) is 1.65. The van der Waals surface area contributed by atoms with Gasteiger partial charge >= 0.3 is 0 Å². The van der Waals surface area contributed by atoms with Gasteiger partial charge < -0.3 is 10.2 Å². The van der Waals surface area contributed by atoms with E-state index in [-0.39, 0.29) is 11.4 Å². The van der Waals surface area contributed by atoms with E-state index in [0.29, 0.717) is 5.41 Å². The third-order valence-electron chi connectivity index (χ3n) is 4.34. The minimum absolute atomic E-state index is 0.214. The van der Waals surface area contributed by atoms with E-state index in [1.54, 1.807) is 0 Å². The van der Waals surface area contributed by atoms with Crippen LogP contribution in [-0.4, -0.2) is 29.4 Å². The highest BCUT2D eigenvalue weighted by molar-refractivity contribution is 5.88. The van der Waals surface area contributed by atoms with Crippen LogP contribution < -0.4 is 5.32 Å². The SMILES string of the molecule is CC1(C)CC2=C(C1)N1CCNC(=O)C1(C)C2. The fraction of sp³-hybridized carbons (Fsp3) is 0.769. The molecule has 88 valence electrons. The van der Waals surface area contributed by atoms with Gasteiger partial charge in [0.15, 0.2) is 0 Å². The molecule has 0 radical (unpaired) electrons. The molecule has 1 fully saturated rings. The summed E-state index contributed by atoms with van der Waals surface area (Å²) in [5.41, 5.74) is 3.13. The molecule has 0 aromatic rings. The summed E-state index contributed by atoms with van der Waals surface area (Å²) in [6, 6.07) is 0. The lowest BCUT2D eigenvalue weighted by molar-refractivity contribution is -0.133. The highest BCUT2D eigenvalue weighted by Crippen LogP contribution is 2.52. The standard InChI is InChI=1S/C13H20N2O/c1-12(2)6-9-7-13(3)11(16)14-4-5-15(13)10(9)8-12/h4-8H2,1-3H3,(H,14,16). The predicted molar refractivity (Wildman–Crippen MR) is 62.8 cm³/mol. The number of fused-ring (bicyclic) bond motifs is 2. The van der Waals surface area contributed by atoms with Crippen LogP contribution in [0, 0.1) is 5.41 Å². The van der Waals surface area contributed by atoms with Crippen LogP contribution in [0.5, 0.6) is 0 Å². The van der Waals surface area contributed by atoms with Gasteiger partial charge in [-0.3, -0.25) is 4.79 Å². The molecule has 0 spiro atoms. The number of rotatable bonds is 0. The fourth-order valence-electron chi connectivity index (χ4n) is 3.64. The van der Waals surface area contributed by atoms with Crippen LogP contribution in [0.2, 0.25) is 0 Å². The molecule has 3 aliphatic rings. The Bertz CT molecular complexity index is 397. The van der Waals surface area contributed by atoms with Crippen molar-refractivity contribution in [1.29, 1.82) is 0 Å². The van der Waals surface area contributed by atoms with Crippen LogP contribution in [-0.2, 0) is 4.79 Å². The monoisotopic (exact) mass is 220 g/mol. The molecule has 2 heterocycles. The van der Waals surface area contributed by atoms with E-state index >= 15 is 0 Å². The fourth-order valence-corrected chi connectivity index (χ4v) is 3.64. The zero-order chi connectivity index (χ0) is 11.6. The highest BCUT2D eigenvalue weighted by atomic mass is 16.2. The number of carbonyl (C=O) groups excluding carboxylic acids is 1. The van der Waals surface area contributed by atoms with Gasteiger partial charge in [-0.2, -0.15) is 0 Å². The molecule has 1 atom stereocenters. The second kappa shape index (κ2) is 2.82. The number of hydrogen-bond acceptors (Lipinski definition) is 2. The third-order valence-corrected chi connectivity index (χ3v) is 4.34. The van der Waals surface area contributed by atoms with Crippen LogP contribution >= 0.6 is 0 Å². The third kappa shape index (κ3) is 1.17. The van der Waals surface area contributed by atoms with E-state index in [1.165, 1.54) is 17.7 Å². The molecule has 1 unspecified atom stereocenters. The molecular weight excluding hydrogens is 200 g/mol.